The average molecular weight is 268 g/mol. The summed E-state index contributed by atoms with van der Waals surface area (Å²) in [6.07, 6.45) is 5.32. The van der Waals surface area contributed by atoms with E-state index in [1.165, 1.54) is 0 Å². The van der Waals surface area contributed by atoms with Crippen molar-refractivity contribution in [2.24, 2.45) is 0 Å². The van der Waals surface area contributed by atoms with E-state index < -0.39 is 0 Å². The Hall–Kier alpha value is -2.22. The first kappa shape index (κ1) is 14.2. The van der Waals surface area contributed by atoms with E-state index >= 15 is 0 Å². The van der Waals surface area contributed by atoms with Gasteiger partial charge in [0.1, 0.15) is 0 Å². The zero-order valence-corrected chi connectivity index (χ0v) is 11.9. The van der Waals surface area contributed by atoms with Crippen LogP contribution in [-0.2, 0) is 12.8 Å². The second kappa shape index (κ2) is 6.29. The molecule has 2 aromatic carbocycles. The molecule has 0 amide bonds. The third-order valence-corrected chi connectivity index (χ3v) is 3.49. The van der Waals surface area contributed by atoms with Crippen molar-refractivity contribution in [3.05, 3.63) is 58.7 Å². The lowest BCUT2D eigenvalue weighted by atomic mass is 9.97. The minimum Gasteiger partial charge on any atom is -0.504 e. The van der Waals surface area contributed by atoms with Crippen molar-refractivity contribution in [2.45, 2.75) is 26.7 Å². The van der Waals surface area contributed by atoms with Crippen LogP contribution < -0.4 is 0 Å². The van der Waals surface area contributed by atoms with Gasteiger partial charge in [-0.3, -0.25) is 0 Å². The Morgan fingerprint density at radius 1 is 0.900 bits per heavy atom. The van der Waals surface area contributed by atoms with Crippen LogP contribution in [0.3, 0.4) is 0 Å². The van der Waals surface area contributed by atoms with Crippen molar-refractivity contribution in [3.8, 4) is 11.5 Å². The summed E-state index contributed by atoms with van der Waals surface area (Å²) in [5.41, 5.74) is 3.63. The summed E-state index contributed by atoms with van der Waals surface area (Å²) in [5.74, 6) is -0.0224. The molecule has 0 unspecified atom stereocenters. The topological polar surface area (TPSA) is 40.5 Å². The molecule has 0 aliphatic carbocycles. The van der Waals surface area contributed by atoms with Crippen LogP contribution in [0.4, 0.5) is 0 Å². The predicted octanol–water partition coefficient (Wildman–Crippen LogP) is 4.39. The highest BCUT2D eigenvalue weighted by molar-refractivity contribution is 5.75. The summed E-state index contributed by atoms with van der Waals surface area (Å²) in [4.78, 5) is 0. The van der Waals surface area contributed by atoms with Gasteiger partial charge in [0, 0.05) is 11.1 Å². The van der Waals surface area contributed by atoms with Crippen LogP contribution in [0.2, 0.25) is 0 Å². The van der Waals surface area contributed by atoms with Gasteiger partial charge in [-0.2, -0.15) is 0 Å². The Morgan fingerprint density at radius 2 is 1.60 bits per heavy atom. The van der Waals surface area contributed by atoms with Gasteiger partial charge in [0.2, 0.25) is 0 Å². The van der Waals surface area contributed by atoms with Crippen LogP contribution in [-0.4, -0.2) is 10.2 Å². The van der Waals surface area contributed by atoms with Gasteiger partial charge in [0.05, 0.1) is 0 Å². The molecule has 20 heavy (non-hydrogen) atoms. The lowest BCUT2D eigenvalue weighted by Crippen LogP contribution is -1.94. The molecule has 0 aromatic heterocycles. The standard InChI is InChI=1S/C18H20O2/c1-3-14-12-15(17(19)18(20)16(14)4-2)11-10-13-8-6-5-7-9-13/h5-12,19-20H,3-4H2,1-2H3/b11-10+. The number of phenolic OH excluding ortho intramolecular Hbond substituents is 2. The minimum atomic E-state index is -0.0359. The Balaban J connectivity index is 2.42. The van der Waals surface area contributed by atoms with Crippen molar-refractivity contribution < 1.29 is 10.2 Å². The van der Waals surface area contributed by atoms with Gasteiger partial charge in [0.15, 0.2) is 11.5 Å². The molecule has 2 nitrogen and oxygen atoms in total. The fourth-order valence-corrected chi connectivity index (χ4v) is 2.36. The maximum atomic E-state index is 10.1. The molecule has 0 spiro atoms. The number of rotatable bonds is 4. The first-order chi connectivity index (χ1) is 9.67. The molecule has 0 saturated heterocycles. The summed E-state index contributed by atoms with van der Waals surface area (Å²) < 4.78 is 0. The molecule has 0 bridgehead atoms. The van der Waals surface area contributed by atoms with E-state index in [-0.39, 0.29) is 11.5 Å². The molecular weight excluding hydrogens is 248 g/mol. The number of benzene rings is 2. The average Bonchev–Trinajstić information content (AvgIpc) is 2.49. The highest BCUT2D eigenvalue weighted by atomic mass is 16.3. The Labute approximate surface area is 120 Å². The molecule has 0 fully saturated rings. The van der Waals surface area contributed by atoms with Crippen LogP contribution in [0.25, 0.3) is 12.2 Å². The van der Waals surface area contributed by atoms with E-state index in [1.807, 2.05) is 55.5 Å². The molecule has 0 saturated carbocycles. The van der Waals surface area contributed by atoms with Crippen LogP contribution in [0, 0.1) is 0 Å². The van der Waals surface area contributed by atoms with E-state index in [9.17, 15) is 10.2 Å². The smallest absolute Gasteiger partial charge is 0.165 e. The van der Waals surface area contributed by atoms with E-state index in [4.69, 9.17) is 0 Å². The van der Waals surface area contributed by atoms with Crippen LogP contribution >= 0.6 is 0 Å². The number of phenols is 2. The third-order valence-electron chi connectivity index (χ3n) is 3.49. The van der Waals surface area contributed by atoms with Gasteiger partial charge in [-0.05, 0) is 30.0 Å². The van der Waals surface area contributed by atoms with Gasteiger partial charge in [-0.15, -0.1) is 0 Å². The van der Waals surface area contributed by atoms with Crippen LogP contribution in [0.15, 0.2) is 36.4 Å². The van der Waals surface area contributed by atoms with Gasteiger partial charge in [-0.25, -0.2) is 0 Å². The molecule has 0 radical (unpaired) electrons. The summed E-state index contributed by atoms with van der Waals surface area (Å²) >= 11 is 0. The SMILES string of the molecule is CCc1cc(/C=C/c2ccccc2)c(O)c(O)c1CC. The number of aryl methyl sites for hydroxylation is 1. The predicted molar refractivity (Wildman–Crippen MR) is 83.9 cm³/mol. The van der Waals surface area contributed by atoms with E-state index in [0.29, 0.717) is 12.0 Å². The van der Waals surface area contributed by atoms with Crippen molar-refractivity contribution in [1.82, 2.24) is 0 Å². The largest absolute Gasteiger partial charge is 0.504 e. The molecule has 2 aromatic rings. The maximum Gasteiger partial charge on any atom is 0.165 e. The Bertz CT molecular complexity index is 613. The molecule has 0 heterocycles. The summed E-state index contributed by atoms with van der Waals surface area (Å²) in [5, 5.41) is 20.2. The molecular formula is C18H20O2. The fraction of sp³-hybridized carbons (Fsp3) is 0.222. The lowest BCUT2D eigenvalue weighted by Gasteiger charge is -2.12. The van der Waals surface area contributed by atoms with Gasteiger partial charge in [-0.1, -0.05) is 56.3 Å². The first-order valence-corrected chi connectivity index (χ1v) is 6.97. The van der Waals surface area contributed by atoms with E-state index in [0.717, 1.165) is 23.1 Å². The molecule has 0 atom stereocenters. The number of hydrogen-bond acceptors (Lipinski definition) is 2. The monoisotopic (exact) mass is 268 g/mol. The molecule has 0 aliphatic rings. The van der Waals surface area contributed by atoms with Crippen molar-refractivity contribution >= 4 is 12.2 Å². The van der Waals surface area contributed by atoms with Crippen LogP contribution in [0.5, 0.6) is 11.5 Å². The highest BCUT2D eigenvalue weighted by Gasteiger charge is 2.13. The third kappa shape index (κ3) is 2.85. The Kier molecular flexibility index (Phi) is 4.46. The second-order valence-corrected chi connectivity index (χ2v) is 4.75. The van der Waals surface area contributed by atoms with E-state index in [1.54, 1.807) is 0 Å². The quantitative estimate of drug-likeness (QED) is 0.637. The Morgan fingerprint density at radius 3 is 2.20 bits per heavy atom. The molecule has 2 N–H and O–H groups in total. The maximum absolute atomic E-state index is 10.1. The molecule has 2 rings (SSSR count). The number of aromatic hydroxyl groups is 2. The molecule has 0 aliphatic heterocycles. The zero-order chi connectivity index (χ0) is 14.5. The van der Waals surface area contributed by atoms with Gasteiger partial charge >= 0.3 is 0 Å². The van der Waals surface area contributed by atoms with Crippen LogP contribution in [0.1, 0.15) is 36.1 Å². The summed E-state index contributed by atoms with van der Waals surface area (Å²) in [6, 6.07) is 11.8. The van der Waals surface area contributed by atoms with Crippen molar-refractivity contribution in [2.75, 3.05) is 0 Å². The number of hydrogen-bond donors (Lipinski definition) is 2. The summed E-state index contributed by atoms with van der Waals surface area (Å²) in [7, 11) is 0. The van der Waals surface area contributed by atoms with Crippen molar-refractivity contribution in [1.29, 1.82) is 0 Å². The zero-order valence-electron chi connectivity index (χ0n) is 11.9. The van der Waals surface area contributed by atoms with Gasteiger partial charge < -0.3 is 10.2 Å². The minimum absolute atomic E-state index is 0.0135. The van der Waals surface area contributed by atoms with Gasteiger partial charge in [0.25, 0.3) is 0 Å². The molecule has 2 heteroatoms. The highest BCUT2D eigenvalue weighted by Crippen LogP contribution is 2.36. The van der Waals surface area contributed by atoms with E-state index in [2.05, 4.69) is 6.92 Å². The summed E-state index contributed by atoms with van der Waals surface area (Å²) in [6.45, 7) is 4.03. The fourth-order valence-electron chi connectivity index (χ4n) is 2.36. The molecule has 104 valence electrons. The normalized spacial score (nSPS) is 11.1. The lowest BCUT2D eigenvalue weighted by molar-refractivity contribution is 0.398. The van der Waals surface area contributed by atoms with Crippen molar-refractivity contribution in [3.63, 3.8) is 0 Å². The first-order valence-electron chi connectivity index (χ1n) is 6.97. The second-order valence-electron chi connectivity index (χ2n) is 4.75.